The molecule has 0 aliphatic carbocycles. The summed E-state index contributed by atoms with van der Waals surface area (Å²) >= 11 is 0. The van der Waals surface area contributed by atoms with Crippen LogP contribution in [0.5, 0.6) is 0 Å². The van der Waals surface area contributed by atoms with E-state index in [0.717, 1.165) is 103 Å². The number of carbonyl (C=O) groups is 4. The van der Waals surface area contributed by atoms with E-state index in [2.05, 4.69) is 87.6 Å². The van der Waals surface area contributed by atoms with Gasteiger partial charge in [0.2, 0.25) is 0 Å². The van der Waals surface area contributed by atoms with Crippen LogP contribution in [0.25, 0.3) is 0 Å². The Morgan fingerprint density at radius 2 is 0.944 bits per heavy atom. The predicted octanol–water partition coefficient (Wildman–Crippen LogP) is 13.6. The number of aliphatic hydroxyl groups excluding tert-OH is 2. The van der Waals surface area contributed by atoms with Crippen molar-refractivity contribution in [2.24, 2.45) is 0 Å². The maximum absolute atomic E-state index is 13.1. The Labute approximate surface area is 429 Å². The van der Waals surface area contributed by atoms with Crippen molar-refractivity contribution in [3.05, 3.63) is 85.1 Å². The molecule has 0 aromatic heterocycles. The van der Waals surface area contributed by atoms with Crippen LogP contribution in [0.1, 0.15) is 213 Å². The van der Waals surface area contributed by atoms with Crippen molar-refractivity contribution in [2.75, 3.05) is 13.2 Å². The molecule has 1 heterocycles. The maximum atomic E-state index is 13.1. The molecule has 404 valence electrons. The fraction of sp³-hybridized carbons (Fsp3) is 0.695. The molecule has 6 atom stereocenters. The molecule has 1 saturated heterocycles. The molecule has 12 nitrogen and oxygen atoms in total. The van der Waals surface area contributed by atoms with Crippen molar-refractivity contribution in [2.45, 2.75) is 250 Å². The number of aliphatic hydroxyl groups is 2. The van der Waals surface area contributed by atoms with E-state index < -0.39 is 67.3 Å². The number of carbonyl (C=O) groups excluding carboxylic acids is 3. The molecule has 6 unspecified atom stereocenters. The molecule has 0 amide bonds. The zero-order valence-corrected chi connectivity index (χ0v) is 44.2. The van der Waals surface area contributed by atoms with E-state index in [-0.39, 0.29) is 25.9 Å². The van der Waals surface area contributed by atoms with Crippen molar-refractivity contribution in [3.8, 4) is 0 Å². The van der Waals surface area contributed by atoms with Gasteiger partial charge in [0.1, 0.15) is 18.8 Å². The van der Waals surface area contributed by atoms with Crippen LogP contribution >= 0.6 is 0 Å². The van der Waals surface area contributed by atoms with Crippen LogP contribution < -0.4 is 0 Å². The first-order chi connectivity index (χ1) is 34.6. The summed E-state index contributed by atoms with van der Waals surface area (Å²) in [5.41, 5.74) is 0. The molecule has 0 saturated carbocycles. The predicted molar refractivity (Wildman–Crippen MR) is 284 cm³/mol. The van der Waals surface area contributed by atoms with Crippen molar-refractivity contribution in [3.63, 3.8) is 0 Å². The molecule has 0 bridgehead atoms. The lowest BCUT2D eigenvalue weighted by Crippen LogP contribution is -2.61. The first-order valence-corrected chi connectivity index (χ1v) is 27.6. The molecule has 0 spiro atoms. The lowest BCUT2D eigenvalue weighted by molar-refractivity contribution is -0.301. The van der Waals surface area contributed by atoms with Gasteiger partial charge in [0, 0.05) is 12.8 Å². The fourth-order valence-corrected chi connectivity index (χ4v) is 7.71. The molecule has 1 rings (SSSR count). The SMILES string of the molecule is CC/C=C\C/C=C\C/C=C\C/C=C\C/C=C\CC(=O)OCC(COC1OC(C(=O)O)C(O)C(O)C1OC(=O)CCCCCCC/C=C\CCCCCCCC)OC(=O)CCCCCCC/C=C\CCCC. The van der Waals surface area contributed by atoms with E-state index in [9.17, 15) is 34.5 Å². The van der Waals surface area contributed by atoms with Crippen LogP contribution in [-0.2, 0) is 42.9 Å². The van der Waals surface area contributed by atoms with E-state index in [0.29, 0.717) is 19.3 Å². The van der Waals surface area contributed by atoms with Crippen LogP contribution in [0.15, 0.2) is 85.1 Å². The molecule has 1 aliphatic heterocycles. The van der Waals surface area contributed by atoms with Gasteiger partial charge in [-0.3, -0.25) is 14.4 Å². The number of allylic oxidation sites excluding steroid dienone is 13. The van der Waals surface area contributed by atoms with E-state index in [1.165, 1.54) is 51.4 Å². The minimum atomic E-state index is -1.92. The second-order valence-corrected chi connectivity index (χ2v) is 18.5. The number of ether oxygens (including phenoxy) is 5. The quantitative estimate of drug-likeness (QED) is 0.0228. The van der Waals surface area contributed by atoms with E-state index in [1.54, 1.807) is 6.08 Å². The molecular formula is C59H96O12. The van der Waals surface area contributed by atoms with Crippen LogP contribution in [-0.4, -0.2) is 89.2 Å². The molecular weight excluding hydrogens is 901 g/mol. The third kappa shape index (κ3) is 37.3. The zero-order valence-electron chi connectivity index (χ0n) is 44.2. The summed E-state index contributed by atoms with van der Waals surface area (Å²) in [6.07, 6.45) is 47.4. The molecule has 3 N–H and O–H groups in total. The Bertz CT molecular complexity index is 1560. The Balaban J connectivity index is 2.77. The number of carboxylic acids is 1. The van der Waals surface area contributed by atoms with Gasteiger partial charge in [-0.2, -0.15) is 0 Å². The molecule has 12 heteroatoms. The van der Waals surface area contributed by atoms with Crippen molar-refractivity contribution < 1.29 is 58.2 Å². The van der Waals surface area contributed by atoms with Crippen molar-refractivity contribution in [1.82, 2.24) is 0 Å². The molecule has 71 heavy (non-hydrogen) atoms. The van der Waals surface area contributed by atoms with E-state index in [4.69, 9.17) is 23.7 Å². The van der Waals surface area contributed by atoms with E-state index >= 15 is 0 Å². The smallest absolute Gasteiger partial charge is 0.335 e. The third-order valence-electron chi connectivity index (χ3n) is 12.0. The summed E-state index contributed by atoms with van der Waals surface area (Å²) in [5.74, 6) is -3.31. The lowest BCUT2D eigenvalue weighted by atomic mass is 9.98. The zero-order chi connectivity index (χ0) is 51.8. The Hall–Kier alpha value is -4.10. The molecule has 0 aromatic rings. The largest absolute Gasteiger partial charge is 0.479 e. The van der Waals surface area contributed by atoms with Gasteiger partial charge in [0.05, 0.1) is 13.0 Å². The van der Waals surface area contributed by atoms with Crippen LogP contribution in [0.2, 0.25) is 0 Å². The van der Waals surface area contributed by atoms with Gasteiger partial charge < -0.3 is 39.0 Å². The summed E-state index contributed by atoms with van der Waals surface area (Å²) in [6, 6.07) is 0. The highest BCUT2D eigenvalue weighted by molar-refractivity contribution is 5.74. The van der Waals surface area contributed by atoms with Crippen LogP contribution in [0.4, 0.5) is 0 Å². The monoisotopic (exact) mass is 997 g/mol. The average Bonchev–Trinajstić information content (AvgIpc) is 3.35. The van der Waals surface area contributed by atoms with Gasteiger partial charge >= 0.3 is 23.9 Å². The number of aliphatic carboxylic acids is 1. The highest BCUT2D eigenvalue weighted by Gasteiger charge is 2.50. The first-order valence-electron chi connectivity index (χ1n) is 27.6. The number of rotatable bonds is 45. The topological polar surface area (TPSA) is 175 Å². The Morgan fingerprint density at radius 1 is 0.493 bits per heavy atom. The third-order valence-corrected chi connectivity index (χ3v) is 12.0. The first kappa shape index (κ1) is 64.9. The normalized spacial score (nSPS) is 19.1. The molecule has 1 aliphatic rings. The number of unbranched alkanes of at least 4 members (excludes halogenated alkanes) is 18. The Morgan fingerprint density at radius 3 is 1.45 bits per heavy atom. The molecule has 0 aromatic carbocycles. The number of esters is 3. The summed E-state index contributed by atoms with van der Waals surface area (Å²) in [6.45, 7) is 5.71. The second-order valence-electron chi connectivity index (χ2n) is 18.5. The average molecular weight is 997 g/mol. The van der Waals surface area contributed by atoms with Gasteiger partial charge in [-0.1, -0.05) is 189 Å². The summed E-state index contributed by atoms with van der Waals surface area (Å²) < 4.78 is 28.2. The van der Waals surface area contributed by atoms with Gasteiger partial charge in [-0.05, 0) is 89.9 Å². The maximum Gasteiger partial charge on any atom is 0.335 e. The van der Waals surface area contributed by atoms with Crippen molar-refractivity contribution in [1.29, 1.82) is 0 Å². The minimum Gasteiger partial charge on any atom is -0.479 e. The van der Waals surface area contributed by atoms with Gasteiger partial charge in [0.25, 0.3) is 0 Å². The number of hydrogen-bond acceptors (Lipinski definition) is 11. The number of carboxylic acid groups (broad SMARTS) is 1. The lowest BCUT2D eigenvalue weighted by Gasteiger charge is -2.40. The van der Waals surface area contributed by atoms with Gasteiger partial charge in [-0.25, -0.2) is 4.79 Å². The Kier molecular flexibility index (Phi) is 42.9. The van der Waals surface area contributed by atoms with Crippen molar-refractivity contribution >= 4 is 23.9 Å². The summed E-state index contributed by atoms with van der Waals surface area (Å²) in [5, 5.41) is 31.4. The highest BCUT2D eigenvalue weighted by Crippen LogP contribution is 2.26. The standard InChI is InChI=1S/C59H96O12/c1-4-7-10-13-16-19-22-24-26-28-31-33-36-39-42-45-51(60)67-48-50(69-52(61)46-43-40-37-34-30-21-18-15-12-9-6-3)49-68-59-57(55(64)54(63)56(71-59)58(65)66)70-53(62)47-44-41-38-35-32-29-27-25-23-20-17-14-11-8-5-2/h7,10,15-16,18-19,24-27,31,33,39,42,50,54-57,59,63-64H,4-6,8-9,11-14,17,20-23,28-30,32,34-38,40-41,43-49H2,1-3H3,(H,65,66)/b10-7-,18-15-,19-16-,26-24-,27-25-,33-31-,42-39-. The minimum absolute atomic E-state index is 0.0194. The molecule has 1 fully saturated rings. The van der Waals surface area contributed by atoms with Gasteiger partial charge in [0.15, 0.2) is 24.6 Å². The summed E-state index contributed by atoms with van der Waals surface area (Å²) in [4.78, 5) is 50.9. The highest BCUT2D eigenvalue weighted by atomic mass is 16.7. The van der Waals surface area contributed by atoms with E-state index in [1.807, 2.05) is 12.2 Å². The summed E-state index contributed by atoms with van der Waals surface area (Å²) in [7, 11) is 0. The van der Waals surface area contributed by atoms with Gasteiger partial charge in [-0.15, -0.1) is 0 Å². The molecule has 0 radical (unpaired) electrons. The fourth-order valence-electron chi connectivity index (χ4n) is 7.71. The number of hydrogen-bond donors (Lipinski definition) is 3. The van der Waals surface area contributed by atoms with Crippen LogP contribution in [0, 0.1) is 0 Å². The second kappa shape index (κ2) is 46.9. The van der Waals surface area contributed by atoms with Crippen LogP contribution in [0.3, 0.4) is 0 Å².